The third kappa shape index (κ3) is 11.8. The summed E-state index contributed by atoms with van der Waals surface area (Å²) in [5.41, 5.74) is 2.80. The molecule has 1 heterocycles. The first-order valence-corrected chi connectivity index (χ1v) is 14.9. The number of sulfone groups is 1. The highest BCUT2D eigenvalue weighted by molar-refractivity contribution is 7.90. The zero-order valence-electron chi connectivity index (χ0n) is 19.5. The Balaban J connectivity index is 0.000000519. The monoisotopic (exact) mass is 550 g/mol. The van der Waals surface area contributed by atoms with E-state index >= 15 is 0 Å². The van der Waals surface area contributed by atoms with E-state index in [1.54, 1.807) is 14.2 Å². The molecule has 0 aliphatic carbocycles. The molecule has 0 aliphatic rings. The fraction of sp³-hybridized carbons (Fsp3) is 0.250. The predicted molar refractivity (Wildman–Crippen MR) is 131 cm³/mol. The van der Waals surface area contributed by atoms with Gasteiger partial charge in [0.1, 0.15) is 11.5 Å². The number of H-pyrrole nitrogens is 1. The lowest BCUT2D eigenvalue weighted by Gasteiger charge is -2.06. The van der Waals surface area contributed by atoms with Crippen LogP contribution in [0.3, 0.4) is 0 Å². The van der Waals surface area contributed by atoms with Crippen molar-refractivity contribution in [3.05, 3.63) is 48.5 Å². The third-order valence-corrected chi connectivity index (χ3v) is 4.67. The third-order valence-electron chi connectivity index (χ3n) is 3.78. The average molecular weight is 551 g/mol. The van der Waals surface area contributed by atoms with Gasteiger partial charge in [0, 0.05) is 17.4 Å². The summed E-state index contributed by atoms with van der Waals surface area (Å²) in [6, 6.07) is 14.6. The van der Waals surface area contributed by atoms with Crippen LogP contribution < -0.4 is 9.47 Å². The van der Waals surface area contributed by atoms with Crippen LogP contribution in [0.25, 0.3) is 22.5 Å². The molecule has 0 saturated carbocycles. The fourth-order valence-corrected chi connectivity index (χ4v) is 3.00. The van der Waals surface area contributed by atoms with Gasteiger partial charge in [-0.2, -0.15) is 16.8 Å². The molecule has 12 nitrogen and oxygen atoms in total. The summed E-state index contributed by atoms with van der Waals surface area (Å²) < 4.78 is 85.9. The number of methoxy groups -OCH3 is 2. The Morgan fingerprint density at radius 1 is 0.686 bits per heavy atom. The Hall–Kier alpha value is -2.98. The van der Waals surface area contributed by atoms with Crippen molar-refractivity contribution < 1.29 is 43.8 Å². The maximum atomic E-state index is 11.9. The molecule has 0 fully saturated rings. The van der Waals surface area contributed by atoms with E-state index in [-0.39, 0.29) is 5.16 Å². The van der Waals surface area contributed by atoms with E-state index in [4.69, 9.17) is 18.6 Å². The molecule has 0 bridgehead atoms. The van der Waals surface area contributed by atoms with Gasteiger partial charge in [0.15, 0.2) is 0 Å². The Morgan fingerprint density at radius 2 is 1.03 bits per heavy atom. The molecular formula is C20H26N2O10S3. The zero-order chi connectivity index (χ0) is 27.0. The number of rotatable bonds is 5. The second-order valence-electron chi connectivity index (χ2n) is 6.96. The first-order valence-electron chi connectivity index (χ1n) is 9.36. The Bertz CT molecular complexity index is 1320. The van der Waals surface area contributed by atoms with E-state index in [1.807, 2.05) is 48.5 Å². The van der Waals surface area contributed by atoms with Gasteiger partial charge in [0.05, 0.1) is 38.1 Å². The van der Waals surface area contributed by atoms with Gasteiger partial charge in [-0.1, -0.05) is 0 Å². The summed E-state index contributed by atoms with van der Waals surface area (Å²) in [7, 11) is -7.61. The number of ether oxygens (including phenoxy) is 2. The molecule has 194 valence electrons. The van der Waals surface area contributed by atoms with Crippen molar-refractivity contribution in [2.24, 2.45) is 0 Å². The van der Waals surface area contributed by atoms with Crippen LogP contribution in [0.1, 0.15) is 0 Å². The van der Waals surface area contributed by atoms with Gasteiger partial charge in [-0.3, -0.25) is 9.11 Å². The Kier molecular flexibility index (Phi) is 10.4. The second-order valence-corrected chi connectivity index (χ2v) is 11.8. The van der Waals surface area contributed by atoms with Crippen LogP contribution in [0, 0.1) is 0 Å². The van der Waals surface area contributed by atoms with Crippen LogP contribution >= 0.6 is 0 Å². The highest BCUT2D eigenvalue weighted by Gasteiger charge is 2.19. The average Bonchev–Trinajstić information content (AvgIpc) is 3.17. The maximum absolute atomic E-state index is 11.9. The van der Waals surface area contributed by atoms with E-state index < -0.39 is 30.1 Å². The Morgan fingerprint density at radius 3 is 1.34 bits per heavy atom. The highest BCUT2D eigenvalue weighted by Crippen LogP contribution is 2.33. The molecule has 0 saturated heterocycles. The second kappa shape index (κ2) is 12.1. The number of aromatic nitrogens is 2. The number of aromatic amines is 1. The number of nitrogens with one attached hydrogen (secondary N) is 1. The smallest absolute Gasteiger partial charge is 0.261 e. The van der Waals surface area contributed by atoms with Gasteiger partial charge in [0.2, 0.25) is 15.0 Å². The van der Waals surface area contributed by atoms with Gasteiger partial charge in [-0.15, -0.1) is 0 Å². The van der Waals surface area contributed by atoms with Crippen molar-refractivity contribution >= 4 is 30.1 Å². The molecule has 15 heteroatoms. The lowest BCUT2D eigenvalue weighted by atomic mass is 10.0. The van der Waals surface area contributed by atoms with E-state index in [1.165, 1.54) is 0 Å². The number of benzene rings is 2. The Labute approximate surface area is 204 Å². The lowest BCUT2D eigenvalue weighted by molar-refractivity contribution is 0.414. The zero-order valence-corrected chi connectivity index (χ0v) is 21.9. The molecule has 1 aromatic heterocycles. The molecule has 0 unspecified atom stereocenters. The van der Waals surface area contributed by atoms with Crippen LogP contribution in [0.4, 0.5) is 0 Å². The topological polar surface area (TPSA) is 190 Å². The minimum absolute atomic E-state index is 0.0656. The number of hydrogen-bond donors (Lipinski definition) is 3. The molecule has 0 spiro atoms. The van der Waals surface area contributed by atoms with Crippen LogP contribution in [0.2, 0.25) is 0 Å². The van der Waals surface area contributed by atoms with Crippen molar-refractivity contribution in [3.8, 4) is 34.0 Å². The van der Waals surface area contributed by atoms with Gasteiger partial charge in [0.25, 0.3) is 20.2 Å². The molecule has 3 N–H and O–H groups in total. The molecule has 35 heavy (non-hydrogen) atoms. The van der Waals surface area contributed by atoms with Crippen LogP contribution in [-0.2, 0) is 30.1 Å². The van der Waals surface area contributed by atoms with Crippen LogP contribution in [0.5, 0.6) is 11.5 Å². The summed E-state index contributed by atoms with van der Waals surface area (Å²) >= 11 is 0. The molecule has 0 amide bonds. The van der Waals surface area contributed by atoms with Crippen molar-refractivity contribution in [2.75, 3.05) is 33.0 Å². The van der Waals surface area contributed by atoms with Gasteiger partial charge in [-0.25, -0.2) is 13.4 Å². The summed E-state index contributed by atoms with van der Waals surface area (Å²) in [5, 5.41) is -0.0656. The van der Waals surface area contributed by atoms with E-state index in [2.05, 4.69) is 9.97 Å². The molecule has 2 aromatic carbocycles. The standard InChI is InChI=1S/C18H18N2O4S.2CH4O3S/c1-23-14-8-4-12(5-9-14)16-17(20-18(19-16)25(3,21)22)13-6-10-15(24-2)11-7-13;2*1-5(2,3)4/h4-11H,1-3H3,(H,19,20);2*1H3,(H,2,3,4). The van der Waals surface area contributed by atoms with E-state index in [0.717, 1.165) is 23.1 Å². The summed E-state index contributed by atoms with van der Waals surface area (Å²) in [6.07, 6.45) is 2.56. The predicted octanol–water partition coefficient (Wildman–Crippen LogP) is 2.17. The van der Waals surface area contributed by atoms with E-state index in [9.17, 15) is 25.3 Å². The normalized spacial score (nSPS) is 11.4. The molecule has 0 atom stereocenters. The van der Waals surface area contributed by atoms with Crippen molar-refractivity contribution in [1.82, 2.24) is 9.97 Å². The van der Waals surface area contributed by atoms with Crippen molar-refractivity contribution in [1.29, 1.82) is 0 Å². The minimum atomic E-state index is -3.67. The molecule has 0 aliphatic heterocycles. The first-order chi connectivity index (χ1) is 15.9. The summed E-state index contributed by atoms with van der Waals surface area (Å²) in [6.45, 7) is 0. The summed E-state index contributed by atoms with van der Waals surface area (Å²) in [4.78, 5) is 7.24. The maximum Gasteiger partial charge on any atom is 0.261 e. The van der Waals surface area contributed by atoms with Gasteiger partial charge in [-0.05, 0) is 48.5 Å². The van der Waals surface area contributed by atoms with Crippen LogP contribution in [0.15, 0.2) is 53.7 Å². The molecule has 0 radical (unpaired) electrons. The lowest BCUT2D eigenvalue weighted by Crippen LogP contribution is -1.99. The van der Waals surface area contributed by atoms with E-state index in [0.29, 0.717) is 29.6 Å². The molecule has 3 aromatic rings. The minimum Gasteiger partial charge on any atom is -0.497 e. The number of nitrogens with zero attached hydrogens (tertiary/aromatic N) is 1. The highest BCUT2D eigenvalue weighted by atomic mass is 32.2. The van der Waals surface area contributed by atoms with Crippen molar-refractivity contribution in [2.45, 2.75) is 5.16 Å². The largest absolute Gasteiger partial charge is 0.497 e. The first kappa shape index (κ1) is 30.1. The van der Waals surface area contributed by atoms with Gasteiger partial charge >= 0.3 is 0 Å². The van der Waals surface area contributed by atoms with Crippen LogP contribution in [-0.4, -0.2) is 77.3 Å². The number of hydrogen-bond acceptors (Lipinski definition) is 9. The fourth-order valence-electron chi connectivity index (χ4n) is 2.45. The molecular weight excluding hydrogens is 524 g/mol. The van der Waals surface area contributed by atoms with Crippen molar-refractivity contribution in [3.63, 3.8) is 0 Å². The molecule has 3 rings (SSSR count). The van der Waals surface area contributed by atoms with Gasteiger partial charge < -0.3 is 14.5 Å². The number of imidazole rings is 1. The summed E-state index contributed by atoms with van der Waals surface area (Å²) in [5.74, 6) is 1.44. The SMILES string of the molecule is COc1ccc(-c2nc(S(C)(=O)=O)[nH]c2-c2ccc(OC)cc2)cc1.CS(=O)(=O)O.CS(=O)(=O)O. The quantitative estimate of drug-likeness (QED) is 0.395.